The maximum absolute atomic E-state index is 11.6. The van der Waals surface area contributed by atoms with Crippen LogP contribution in [0.15, 0.2) is 42.5 Å². The zero-order valence-corrected chi connectivity index (χ0v) is 11.1. The first-order valence-corrected chi connectivity index (χ1v) is 7.23. The highest BCUT2D eigenvalue weighted by molar-refractivity contribution is 5.74. The van der Waals surface area contributed by atoms with Crippen LogP contribution in [0.3, 0.4) is 0 Å². The number of benzene rings is 1. The molecule has 1 aromatic carbocycles. The third-order valence-corrected chi connectivity index (χ3v) is 4.10. The minimum Gasteiger partial charge on any atom is -0.465 e. The van der Waals surface area contributed by atoms with Gasteiger partial charge in [0.25, 0.3) is 0 Å². The van der Waals surface area contributed by atoms with Crippen molar-refractivity contribution in [2.75, 3.05) is 6.61 Å². The molecule has 0 spiro atoms. The van der Waals surface area contributed by atoms with E-state index in [9.17, 15) is 4.79 Å². The van der Waals surface area contributed by atoms with Gasteiger partial charge in [-0.2, -0.15) is 0 Å². The molecular weight excluding hydrogens is 236 g/mol. The van der Waals surface area contributed by atoms with Crippen molar-refractivity contribution in [2.24, 2.45) is 11.8 Å². The van der Waals surface area contributed by atoms with Crippen molar-refractivity contribution in [3.05, 3.63) is 48.0 Å². The molecule has 0 bridgehead atoms. The number of esters is 1. The van der Waals surface area contributed by atoms with Gasteiger partial charge in [0.15, 0.2) is 0 Å². The summed E-state index contributed by atoms with van der Waals surface area (Å²) in [5.74, 6) is 1.02. The number of carbonyl (C=O) groups excluding carboxylic acids is 1. The van der Waals surface area contributed by atoms with Gasteiger partial charge < -0.3 is 4.74 Å². The van der Waals surface area contributed by atoms with Gasteiger partial charge in [-0.05, 0) is 37.2 Å². The van der Waals surface area contributed by atoms with Gasteiger partial charge in [0, 0.05) is 5.92 Å². The molecule has 1 saturated carbocycles. The van der Waals surface area contributed by atoms with Gasteiger partial charge in [-0.15, -0.1) is 0 Å². The van der Waals surface area contributed by atoms with Crippen molar-refractivity contribution >= 4 is 5.97 Å². The molecule has 2 atom stereocenters. The molecule has 0 N–H and O–H groups in total. The Morgan fingerprint density at radius 2 is 1.95 bits per heavy atom. The lowest BCUT2D eigenvalue weighted by molar-refractivity contribution is -0.146. The molecule has 2 nitrogen and oxygen atoms in total. The monoisotopic (exact) mass is 256 g/mol. The van der Waals surface area contributed by atoms with Crippen molar-refractivity contribution in [3.63, 3.8) is 0 Å². The minimum absolute atomic E-state index is 0.00536. The summed E-state index contributed by atoms with van der Waals surface area (Å²) in [6.45, 7) is 0.533. The summed E-state index contributed by atoms with van der Waals surface area (Å²) in [4.78, 5) is 11.6. The molecule has 2 heteroatoms. The van der Waals surface area contributed by atoms with Crippen LogP contribution in [0.1, 0.15) is 37.2 Å². The summed E-state index contributed by atoms with van der Waals surface area (Å²) in [6.07, 6.45) is 8.73. The highest BCUT2D eigenvalue weighted by atomic mass is 16.5. The van der Waals surface area contributed by atoms with E-state index in [0.29, 0.717) is 18.4 Å². The molecule has 2 unspecified atom stereocenters. The summed E-state index contributed by atoms with van der Waals surface area (Å²) >= 11 is 0. The summed E-state index contributed by atoms with van der Waals surface area (Å²) in [5.41, 5.74) is 1.36. The molecular formula is C17H20O2. The fourth-order valence-corrected chi connectivity index (χ4v) is 2.80. The fourth-order valence-electron chi connectivity index (χ4n) is 2.80. The lowest BCUT2D eigenvalue weighted by Gasteiger charge is -2.27. The molecule has 19 heavy (non-hydrogen) atoms. The molecule has 0 radical (unpaired) electrons. The van der Waals surface area contributed by atoms with Crippen LogP contribution >= 0.6 is 0 Å². The highest BCUT2D eigenvalue weighted by Crippen LogP contribution is 2.35. The molecule has 3 rings (SSSR count). The number of carbonyl (C=O) groups is 1. The van der Waals surface area contributed by atoms with Gasteiger partial charge in [0.1, 0.15) is 0 Å². The lowest BCUT2D eigenvalue weighted by Crippen LogP contribution is -2.21. The minimum atomic E-state index is 0.00536. The summed E-state index contributed by atoms with van der Waals surface area (Å²) in [5, 5.41) is 0. The van der Waals surface area contributed by atoms with Crippen molar-refractivity contribution in [1.29, 1.82) is 0 Å². The Bertz CT molecular complexity index is 459. The van der Waals surface area contributed by atoms with Gasteiger partial charge >= 0.3 is 5.97 Å². The molecule has 0 amide bonds. The van der Waals surface area contributed by atoms with E-state index < -0.39 is 0 Å². The van der Waals surface area contributed by atoms with Gasteiger partial charge in [-0.3, -0.25) is 4.79 Å². The standard InChI is InChI=1S/C17H20O2/c18-17(14-10-11-14)19-12-15-8-4-5-9-16(15)13-6-2-1-3-7-13/h1-4,6-8,14-16H,5,9-12H2. The Balaban J connectivity index is 1.65. The normalized spacial score (nSPS) is 26.1. The van der Waals surface area contributed by atoms with Gasteiger partial charge in [0.05, 0.1) is 12.5 Å². The van der Waals surface area contributed by atoms with Crippen molar-refractivity contribution in [3.8, 4) is 0 Å². The number of rotatable bonds is 4. The molecule has 2 aliphatic carbocycles. The average Bonchev–Trinajstić information content (AvgIpc) is 3.31. The van der Waals surface area contributed by atoms with E-state index >= 15 is 0 Å². The van der Waals surface area contributed by atoms with Crippen molar-refractivity contribution in [1.82, 2.24) is 0 Å². The quantitative estimate of drug-likeness (QED) is 0.606. The zero-order valence-electron chi connectivity index (χ0n) is 11.1. The van der Waals surface area contributed by atoms with Crippen molar-refractivity contribution in [2.45, 2.75) is 31.6 Å². The molecule has 0 saturated heterocycles. The summed E-state index contributed by atoms with van der Waals surface area (Å²) < 4.78 is 5.47. The lowest BCUT2D eigenvalue weighted by atomic mass is 9.80. The number of hydrogen-bond acceptors (Lipinski definition) is 2. The van der Waals surface area contributed by atoms with Gasteiger partial charge in [0.2, 0.25) is 0 Å². The van der Waals surface area contributed by atoms with E-state index in [1.165, 1.54) is 5.56 Å². The second-order valence-electron chi connectivity index (χ2n) is 5.59. The fraction of sp³-hybridized carbons (Fsp3) is 0.471. The van der Waals surface area contributed by atoms with E-state index in [-0.39, 0.29) is 11.9 Å². The Kier molecular flexibility index (Phi) is 3.67. The Labute approximate surface area is 114 Å². The Hall–Kier alpha value is -1.57. The van der Waals surface area contributed by atoms with Crippen LogP contribution in [0, 0.1) is 11.8 Å². The van der Waals surface area contributed by atoms with Gasteiger partial charge in [-0.1, -0.05) is 42.5 Å². The molecule has 0 aromatic heterocycles. The molecule has 2 aliphatic rings. The Morgan fingerprint density at radius 3 is 2.68 bits per heavy atom. The van der Waals surface area contributed by atoms with Crippen LogP contribution in [-0.4, -0.2) is 12.6 Å². The second-order valence-corrected chi connectivity index (χ2v) is 5.59. The molecule has 100 valence electrons. The second kappa shape index (κ2) is 5.60. The van der Waals surface area contributed by atoms with Crippen LogP contribution in [0.2, 0.25) is 0 Å². The first kappa shape index (κ1) is 12.5. The Morgan fingerprint density at radius 1 is 1.16 bits per heavy atom. The molecule has 0 aliphatic heterocycles. The SMILES string of the molecule is O=C(OCC1C=CCCC1c1ccccc1)C1CC1. The smallest absolute Gasteiger partial charge is 0.308 e. The first-order valence-electron chi connectivity index (χ1n) is 7.23. The summed E-state index contributed by atoms with van der Waals surface area (Å²) in [6, 6.07) is 10.6. The van der Waals surface area contributed by atoms with Crippen LogP contribution in [0.5, 0.6) is 0 Å². The predicted molar refractivity (Wildman–Crippen MR) is 74.7 cm³/mol. The average molecular weight is 256 g/mol. The number of allylic oxidation sites excluding steroid dienone is 1. The van der Waals surface area contributed by atoms with Crippen LogP contribution < -0.4 is 0 Å². The van der Waals surface area contributed by atoms with E-state index in [1.54, 1.807) is 0 Å². The van der Waals surface area contributed by atoms with E-state index in [4.69, 9.17) is 4.74 Å². The van der Waals surface area contributed by atoms with Crippen LogP contribution in [0.25, 0.3) is 0 Å². The number of ether oxygens (including phenoxy) is 1. The third kappa shape index (κ3) is 3.06. The first-order chi connectivity index (χ1) is 9.34. The summed E-state index contributed by atoms with van der Waals surface area (Å²) in [7, 11) is 0. The zero-order chi connectivity index (χ0) is 13.1. The molecule has 1 fully saturated rings. The molecule has 1 aromatic rings. The van der Waals surface area contributed by atoms with E-state index in [1.807, 2.05) is 6.07 Å². The van der Waals surface area contributed by atoms with Crippen LogP contribution in [0.4, 0.5) is 0 Å². The third-order valence-electron chi connectivity index (χ3n) is 4.10. The van der Waals surface area contributed by atoms with Crippen LogP contribution in [-0.2, 0) is 9.53 Å². The van der Waals surface area contributed by atoms with Crippen molar-refractivity contribution < 1.29 is 9.53 Å². The maximum atomic E-state index is 11.6. The van der Waals surface area contributed by atoms with E-state index in [0.717, 1.165) is 25.7 Å². The topological polar surface area (TPSA) is 26.3 Å². The highest BCUT2D eigenvalue weighted by Gasteiger charge is 2.32. The van der Waals surface area contributed by atoms with Gasteiger partial charge in [-0.25, -0.2) is 0 Å². The largest absolute Gasteiger partial charge is 0.465 e. The van der Waals surface area contributed by atoms with E-state index in [2.05, 4.69) is 36.4 Å². The number of hydrogen-bond donors (Lipinski definition) is 0. The molecule has 0 heterocycles. The predicted octanol–water partition coefficient (Wildman–Crippen LogP) is 3.69. The maximum Gasteiger partial charge on any atom is 0.308 e.